The first kappa shape index (κ1) is 13.6. The van der Waals surface area contributed by atoms with Crippen molar-refractivity contribution >= 4 is 11.9 Å². The van der Waals surface area contributed by atoms with Crippen molar-refractivity contribution in [3.63, 3.8) is 0 Å². The highest BCUT2D eigenvalue weighted by Crippen LogP contribution is 2.29. The van der Waals surface area contributed by atoms with Crippen molar-refractivity contribution in [2.45, 2.75) is 45.7 Å². The number of guanidine groups is 1. The van der Waals surface area contributed by atoms with Crippen molar-refractivity contribution in [3.05, 3.63) is 35.4 Å². The van der Waals surface area contributed by atoms with Gasteiger partial charge in [-0.3, -0.25) is 10.1 Å². The Hall–Kier alpha value is -1.84. The Bertz CT molecular complexity index is 543. The van der Waals surface area contributed by atoms with E-state index >= 15 is 0 Å². The molecule has 2 rings (SSSR count). The van der Waals surface area contributed by atoms with Crippen LogP contribution in [-0.2, 0) is 10.3 Å². The predicted octanol–water partition coefficient (Wildman–Crippen LogP) is 2.08. The molecular formula is C15H21N3O. The van der Waals surface area contributed by atoms with E-state index in [2.05, 4.69) is 15.6 Å². The third-order valence-electron chi connectivity index (χ3n) is 3.08. The zero-order chi connectivity index (χ0) is 14.3. The lowest BCUT2D eigenvalue weighted by Gasteiger charge is -2.21. The fourth-order valence-corrected chi connectivity index (χ4v) is 2.09. The summed E-state index contributed by atoms with van der Waals surface area (Å²) in [5.41, 5.74) is 1.05. The lowest BCUT2D eigenvalue weighted by atomic mass is 9.91. The normalized spacial score (nSPS) is 23.0. The minimum absolute atomic E-state index is 0.0927. The van der Waals surface area contributed by atoms with Crippen LogP contribution in [0.1, 0.15) is 38.8 Å². The molecule has 0 aromatic heterocycles. The maximum atomic E-state index is 12.2. The molecule has 102 valence electrons. The van der Waals surface area contributed by atoms with Crippen molar-refractivity contribution in [2.24, 2.45) is 4.99 Å². The summed E-state index contributed by atoms with van der Waals surface area (Å²) >= 11 is 0. The number of amides is 1. The van der Waals surface area contributed by atoms with Crippen LogP contribution < -0.4 is 10.6 Å². The second-order valence-electron chi connectivity index (χ2n) is 6.23. The molecule has 0 fully saturated rings. The molecular weight excluding hydrogens is 238 g/mol. The first-order chi connectivity index (χ1) is 8.71. The predicted molar refractivity (Wildman–Crippen MR) is 77.0 cm³/mol. The SMILES string of the molecule is Cc1cccc(C2(C)N=C(NC(C)(C)C)NC2=O)c1. The second-order valence-corrected chi connectivity index (χ2v) is 6.23. The van der Waals surface area contributed by atoms with Crippen LogP contribution in [0.2, 0.25) is 0 Å². The molecule has 0 bridgehead atoms. The number of benzene rings is 1. The van der Waals surface area contributed by atoms with Crippen LogP contribution in [-0.4, -0.2) is 17.4 Å². The zero-order valence-corrected chi connectivity index (χ0v) is 12.2. The molecule has 4 heteroatoms. The molecule has 19 heavy (non-hydrogen) atoms. The average molecular weight is 259 g/mol. The van der Waals surface area contributed by atoms with E-state index in [4.69, 9.17) is 0 Å². The van der Waals surface area contributed by atoms with E-state index in [-0.39, 0.29) is 11.4 Å². The van der Waals surface area contributed by atoms with E-state index in [9.17, 15) is 4.79 Å². The Balaban J connectivity index is 2.35. The van der Waals surface area contributed by atoms with Crippen LogP contribution in [0.4, 0.5) is 0 Å². The van der Waals surface area contributed by atoms with Gasteiger partial charge in [-0.15, -0.1) is 0 Å². The number of rotatable bonds is 1. The topological polar surface area (TPSA) is 53.5 Å². The molecule has 4 nitrogen and oxygen atoms in total. The number of carbonyl (C=O) groups is 1. The molecule has 0 radical (unpaired) electrons. The molecule has 0 aliphatic carbocycles. The maximum absolute atomic E-state index is 12.2. The Morgan fingerprint density at radius 1 is 1.32 bits per heavy atom. The average Bonchev–Trinajstić information content (AvgIpc) is 2.52. The summed E-state index contributed by atoms with van der Waals surface area (Å²) in [6.45, 7) is 9.95. The molecule has 0 spiro atoms. The van der Waals surface area contributed by atoms with Gasteiger partial charge in [-0.1, -0.05) is 29.8 Å². The Morgan fingerprint density at radius 2 is 2.00 bits per heavy atom. The van der Waals surface area contributed by atoms with Gasteiger partial charge in [-0.05, 0) is 40.2 Å². The summed E-state index contributed by atoms with van der Waals surface area (Å²) in [7, 11) is 0. The number of nitrogens with zero attached hydrogens (tertiary/aromatic N) is 1. The van der Waals surface area contributed by atoms with Gasteiger partial charge >= 0.3 is 0 Å². The number of hydrogen-bond acceptors (Lipinski definition) is 3. The van der Waals surface area contributed by atoms with E-state index in [0.717, 1.165) is 11.1 Å². The highest BCUT2D eigenvalue weighted by atomic mass is 16.2. The molecule has 1 aliphatic rings. The van der Waals surface area contributed by atoms with Crippen molar-refractivity contribution in [2.75, 3.05) is 0 Å². The minimum Gasteiger partial charge on any atom is -0.351 e. The standard InChI is InChI=1S/C15H21N3O/c1-10-7-6-8-11(9-10)15(5)12(19)16-13(18-15)17-14(2,3)4/h6-9H,1-5H3,(H2,16,17,18,19). The van der Waals surface area contributed by atoms with Gasteiger partial charge in [-0.2, -0.15) is 0 Å². The van der Waals surface area contributed by atoms with E-state index in [1.807, 2.05) is 58.9 Å². The lowest BCUT2D eigenvalue weighted by molar-refractivity contribution is -0.123. The van der Waals surface area contributed by atoms with E-state index in [1.54, 1.807) is 0 Å². The van der Waals surface area contributed by atoms with E-state index in [0.29, 0.717) is 5.96 Å². The lowest BCUT2D eigenvalue weighted by Crippen LogP contribution is -2.47. The van der Waals surface area contributed by atoms with Crippen molar-refractivity contribution in [1.82, 2.24) is 10.6 Å². The smallest absolute Gasteiger partial charge is 0.259 e. The quantitative estimate of drug-likeness (QED) is 0.811. The van der Waals surface area contributed by atoms with Crippen LogP contribution in [0, 0.1) is 6.92 Å². The summed E-state index contributed by atoms with van der Waals surface area (Å²) < 4.78 is 0. The van der Waals surface area contributed by atoms with Gasteiger partial charge in [0.2, 0.25) is 0 Å². The van der Waals surface area contributed by atoms with Crippen molar-refractivity contribution < 1.29 is 4.79 Å². The van der Waals surface area contributed by atoms with Crippen LogP contribution in [0.3, 0.4) is 0 Å². The molecule has 1 aromatic carbocycles. The third kappa shape index (κ3) is 2.78. The Kier molecular flexibility index (Phi) is 3.12. The highest BCUT2D eigenvalue weighted by Gasteiger charge is 2.41. The molecule has 1 aromatic rings. The fraction of sp³-hybridized carbons (Fsp3) is 0.467. The molecule has 0 saturated heterocycles. The first-order valence-corrected chi connectivity index (χ1v) is 6.47. The number of hydrogen-bond donors (Lipinski definition) is 2. The summed E-state index contributed by atoms with van der Waals surface area (Å²) in [4.78, 5) is 16.8. The van der Waals surface area contributed by atoms with Gasteiger partial charge in [0.1, 0.15) is 0 Å². The van der Waals surface area contributed by atoms with Crippen LogP contribution in [0.5, 0.6) is 0 Å². The Morgan fingerprint density at radius 3 is 2.58 bits per heavy atom. The second kappa shape index (κ2) is 4.37. The first-order valence-electron chi connectivity index (χ1n) is 6.47. The number of aliphatic imine (C=N–C) groups is 1. The summed E-state index contributed by atoms with van der Waals surface area (Å²) in [5, 5.41) is 6.03. The van der Waals surface area contributed by atoms with Crippen LogP contribution in [0.15, 0.2) is 29.3 Å². The molecule has 1 unspecified atom stereocenters. The van der Waals surface area contributed by atoms with Crippen molar-refractivity contribution in [3.8, 4) is 0 Å². The summed E-state index contributed by atoms with van der Waals surface area (Å²) in [6, 6.07) is 7.91. The number of nitrogens with one attached hydrogen (secondary N) is 2. The fourth-order valence-electron chi connectivity index (χ4n) is 2.09. The van der Waals surface area contributed by atoms with Crippen LogP contribution >= 0.6 is 0 Å². The van der Waals surface area contributed by atoms with Gasteiger partial charge in [0, 0.05) is 5.54 Å². The van der Waals surface area contributed by atoms with Gasteiger partial charge < -0.3 is 5.32 Å². The molecule has 2 N–H and O–H groups in total. The summed E-state index contributed by atoms with van der Waals surface area (Å²) in [5.74, 6) is 0.450. The summed E-state index contributed by atoms with van der Waals surface area (Å²) in [6.07, 6.45) is 0. The van der Waals surface area contributed by atoms with E-state index in [1.165, 1.54) is 0 Å². The molecule has 1 aliphatic heterocycles. The molecule has 1 atom stereocenters. The third-order valence-corrected chi connectivity index (χ3v) is 3.08. The van der Waals surface area contributed by atoms with Gasteiger partial charge in [0.25, 0.3) is 5.91 Å². The largest absolute Gasteiger partial charge is 0.351 e. The molecule has 0 saturated carbocycles. The highest BCUT2D eigenvalue weighted by molar-refractivity contribution is 6.07. The monoisotopic (exact) mass is 259 g/mol. The van der Waals surface area contributed by atoms with E-state index < -0.39 is 5.54 Å². The minimum atomic E-state index is -0.848. The molecule has 1 heterocycles. The van der Waals surface area contributed by atoms with Crippen LogP contribution in [0.25, 0.3) is 0 Å². The maximum Gasteiger partial charge on any atom is 0.259 e. The van der Waals surface area contributed by atoms with Crippen molar-refractivity contribution in [1.29, 1.82) is 0 Å². The van der Waals surface area contributed by atoms with Gasteiger partial charge in [0.15, 0.2) is 11.5 Å². The zero-order valence-electron chi connectivity index (χ0n) is 12.2. The van der Waals surface area contributed by atoms with Gasteiger partial charge in [-0.25, -0.2) is 4.99 Å². The number of carbonyl (C=O) groups excluding carboxylic acids is 1. The molecule has 1 amide bonds. The Labute approximate surface area is 114 Å². The van der Waals surface area contributed by atoms with Gasteiger partial charge in [0.05, 0.1) is 0 Å². The number of aryl methyl sites for hydroxylation is 1.